The second-order valence-corrected chi connectivity index (χ2v) is 5.57. The Hall–Kier alpha value is -2.71. The molecule has 0 radical (unpaired) electrons. The van der Waals surface area contributed by atoms with Crippen molar-refractivity contribution in [3.05, 3.63) is 35.0 Å². The third kappa shape index (κ3) is 2.66. The molecule has 0 bridgehead atoms. The molecule has 0 saturated heterocycles. The lowest BCUT2D eigenvalue weighted by atomic mass is 10.1. The monoisotopic (exact) mass is 342 g/mol. The number of nitrogens with one attached hydrogen (secondary N) is 1. The molecule has 1 aromatic rings. The van der Waals surface area contributed by atoms with Gasteiger partial charge in [-0.1, -0.05) is 0 Å². The highest BCUT2D eigenvalue weighted by atomic mass is 19.4. The van der Waals surface area contributed by atoms with E-state index in [1.165, 1.54) is 23.2 Å². The Morgan fingerprint density at radius 1 is 1.29 bits per heavy atom. The van der Waals surface area contributed by atoms with Crippen molar-refractivity contribution >= 4 is 11.7 Å². The summed E-state index contributed by atoms with van der Waals surface area (Å²) in [7, 11) is 3.25. The summed E-state index contributed by atoms with van der Waals surface area (Å²) in [5, 5.41) is 1.88. The summed E-state index contributed by atoms with van der Waals surface area (Å²) in [5.74, 6) is -1.92. The van der Waals surface area contributed by atoms with Crippen LogP contribution in [0.2, 0.25) is 0 Å². The van der Waals surface area contributed by atoms with Crippen molar-refractivity contribution in [1.82, 2.24) is 10.2 Å². The van der Waals surface area contributed by atoms with Gasteiger partial charge in [0.05, 0.1) is 6.04 Å². The van der Waals surface area contributed by atoms with E-state index in [0.29, 0.717) is 11.5 Å². The molecule has 1 aliphatic carbocycles. The minimum Gasteiger partial charge on any atom is -0.454 e. The van der Waals surface area contributed by atoms with E-state index in [9.17, 15) is 22.8 Å². The molecule has 0 fully saturated rings. The van der Waals surface area contributed by atoms with Crippen molar-refractivity contribution in [3.63, 3.8) is 0 Å². The zero-order chi connectivity index (χ0) is 17.6. The van der Waals surface area contributed by atoms with E-state index in [0.717, 1.165) is 0 Å². The number of carbonyl (C=O) groups is 2. The highest BCUT2D eigenvalue weighted by molar-refractivity contribution is 6.15. The Morgan fingerprint density at radius 3 is 2.50 bits per heavy atom. The van der Waals surface area contributed by atoms with E-state index in [1.54, 1.807) is 14.1 Å². The summed E-state index contributed by atoms with van der Waals surface area (Å²) in [4.78, 5) is 25.4. The first-order chi connectivity index (χ1) is 11.2. The normalized spacial score (nSPS) is 20.3. The molecule has 0 saturated carbocycles. The summed E-state index contributed by atoms with van der Waals surface area (Å²) in [6.07, 6.45) is -3.66. The molecule has 1 N–H and O–H groups in total. The average molecular weight is 342 g/mol. The second-order valence-electron chi connectivity index (χ2n) is 5.57. The first-order valence-corrected chi connectivity index (χ1v) is 6.92. The topological polar surface area (TPSA) is 67.9 Å². The molecule has 0 aromatic heterocycles. The molecule has 128 valence electrons. The minimum absolute atomic E-state index is 0.0353. The predicted octanol–water partition coefficient (Wildman–Crippen LogP) is 1.78. The van der Waals surface area contributed by atoms with Crippen molar-refractivity contribution in [1.29, 1.82) is 0 Å². The third-order valence-electron chi connectivity index (χ3n) is 3.60. The van der Waals surface area contributed by atoms with Crippen LogP contribution in [0.25, 0.3) is 0 Å². The van der Waals surface area contributed by atoms with Crippen LogP contribution >= 0.6 is 0 Å². The number of rotatable bonds is 2. The van der Waals surface area contributed by atoms with Gasteiger partial charge in [0.15, 0.2) is 17.3 Å². The summed E-state index contributed by atoms with van der Waals surface area (Å²) in [6, 6.07) is 1.63. The fraction of sp³-hybridized carbons (Fsp3) is 0.333. The maximum Gasteiger partial charge on any atom is 0.471 e. The maximum absolute atomic E-state index is 12.6. The molecule has 1 atom stereocenters. The largest absolute Gasteiger partial charge is 0.471 e. The summed E-state index contributed by atoms with van der Waals surface area (Å²) in [6.45, 7) is -0.0353. The standard InChI is InChI=1S/C15H13F3N2O4/c1-20(2)5-9-12(19-14(22)15(16,17)18)7-3-10-11(24-6-23-10)4-8(7)13(9)21/h3-5,12H,6H2,1-2H3,(H,19,22)/b9-5-. The highest BCUT2D eigenvalue weighted by Crippen LogP contribution is 2.44. The molecular formula is C15H13F3N2O4. The molecule has 1 aromatic carbocycles. The number of fused-ring (bicyclic) bond motifs is 2. The highest BCUT2D eigenvalue weighted by Gasteiger charge is 2.44. The van der Waals surface area contributed by atoms with E-state index in [4.69, 9.17) is 9.47 Å². The fourth-order valence-electron chi connectivity index (χ4n) is 2.63. The first-order valence-electron chi connectivity index (χ1n) is 6.92. The Morgan fingerprint density at radius 2 is 1.92 bits per heavy atom. The SMILES string of the molecule is CN(C)/C=C1\C(=O)c2cc3c(cc2C1NC(=O)C(F)(F)F)OCO3. The Labute approximate surface area is 134 Å². The van der Waals surface area contributed by atoms with Crippen LogP contribution in [0.4, 0.5) is 13.2 Å². The van der Waals surface area contributed by atoms with Crippen LogP contribution in [0.15, 0.2) is 23.9 Å². The van der Waals surface area contributed by atoms with Gasteiger partial charge < -0.3 is 19.7 Å². The Kier molecular flexibility index (Phi) is 3.66. The number of hydrogen-bond acceptors (Lipinski definition) is 5. The van der Waals surface area contributed by atoms with Gasteiger partial charge in [0, 0.05) is 31.4 Å². The van der Waals surface area contributed by atoms with Gasteiger partial charge >= 0.3 is 12.1 Å². The number of benzene rings is 1. The molecule has 1 aliphatic heterocycles. The number of ether oxygens (including phenoxy) is 2. The summed E-state index contributed by atoms with van der Waals surface area (Å²) >= 11 is 0. The first kappa shape index (κ1) is 16.2. The molecule has 2 aliphatic rings. The number of amides is 1. The van der Waals surface area contributed by atoms with E-state index < -0.39 is 23.9 Å². The second kappa shape index (κ2) is 5.43. The van der Waals surface area contributed by atoms with Crippen LogP contribution in [0, 0.1) is 0 Å². The molecule has 9 heteroatoms. The number of ketones is 1. The zero-order valence-corrected chi connectivity index (χ0v) is 12.7. The molecule has 6 nitrogen and oxygen atoms in total. The summed E-state index contributed by atoms with van der Waals surface area (Å²) < 4.78 is 48.2. The predicted molar refractivity (Wildman–Crippen MR) is 75.6 cm³/mol. The number of halogens is 3. The molecule has 3 rings (SSSR count). The van der Waals surface area contributed by atoms with E-state index in [-0.39, 0.29) is 23.5 Å². The third-order valence-corrected chi connectivity index (χ3v) is 3.60. The maximum atomic E-state index is 12.6. The molecule has 24 heavy (non-hydrogen) atoms. The van der Waals surface area contributed by atoms with Crippen molar-refractivity contribution in [2.24, 2.45) is 0 Å². The quantitative estimate of drug-likeness (QED) is 0.830. The van der Waals surface area contributed by atoms with Gasteiger partial charge in [-0.3, -0.25) is 9.59 Å². The van der Waals surface area contributed by atoms with Crippen LogP contribution in [0.3, 0.4) is 0 Å². The van der Waals surface area contributed by atoms with Crippen molar-refractivity contribution in [3.8, 4) is 11.5 Å². The van der Waals surface area contributed by atoms with Crippen molar-refractivity contribution in [2.75, 3.05) is 20.9 Å². The van der Waals surface area contributed by atoms with Gasteiger partial charge in [-0.25, -0.2) is 0 Å². The number of hydrogen-bond donors (Lipinski definition) is 1. The van der Waals surface area contributed by atoms with Crippen LogP contribution in [0.1, 0.15) is 22.0 Å². The fourth-order valence-corrected chi connectivity index (χ4v) is 2.63. The molecule has 1 heterocycles. The van der Waals surface area contributed by atoms with Gasteiger partial charge in [0.25, 0.3) is 0 Å². The van der Waals surface area contributed by atoms with Crippen LogP contribution in [-0.2, 0) is 4.79 Å². The molecule has 1 unspecified atom stereocenters. The number of Topliss-reactive ketones (excluding diaryl/α,β-unsaturated/α-hetero) is 1. The van der Waals surface area contributed by atoms with Crippen LogP contribution < -0.4 is 14.8 Å². The average Bonchev–Trinajstić information content (AvgIpc) is 3.02. The smallest absolute Gasteiger partial charge is 0.454 e. The molecule has 1 amide bonds. The molecular weight excluding hydrogens is 329 g/mol. The van der Waals surface area contributed by atoms with E-state index in [2.05, 4.69) is 0 Å². The number of carbonyl (C=O) groups excluding carboxylic acids is 2. The number of alkyl halides is 3. The zero-order valence-electron chi connectivity index (χ0n) is 12.7. The van der Waals surface area contributed by atoms with Gasteiger partial charge in [0.1, 0.15) is 0 Å². The lowest BCUT2D eigenvalue weighted by Crippen LogP contribution is -2.39. The van der Waals surface area contributed by atoms with Gasteiger partial charge in [0.2, 0.25) is 6.79 Å². The minimum atomic E-state index is -5.05. The Balaban J connectivity index is 2.07. The van der Waals surface area contributed by atoms with Gasteiger partial charge in [-0.2, -0.15) is 13.2 Å². The Bertz CT molecular complexity index is 756. The van der Waals surface area contributed by atoms with Gasteiger partial charge in [-0.15, -0.1) is 0 Å². The number of nitrogens with zero attached hydrogens (tertiary/aromatic N) is 1. The van der Waals surface area contributed by atoms with E-state index >= 15 is 0 Å². The summed E-state index contributed by atoms with van der Waals surface area (Å²) in [5.41, 5.74) is 0.464. The van der Waals surface area contributed by atoms with Crippen molar-refractivity contribution < 1.29 is 32.2 Å². The van der Waals surface area contributed by atoms with Gasteiger partial charge in [-0.05, 0) is 17.7 Å². The lowest BCUT2D eigenvalue weighted by molar-refractivity contribution is -0.174. The molecule has 0 spiro atoms. The van der Waals surface area contributed by atoms with Crippen molar-refractivity contribution in [2.45, 2.75) is 12.2 Å². The van der Waals surface area contributed by atoms with Crippen LogP contribution in [0.5, 0.6) is 11.5 Å². The van der Waals surface area contributed by atoms with E-state index in [1.807, 2.05) is 5.32 Å². The lowest BCUT2D eigenvalue weighted by Gasteiger charge is -2.18. The van der Waals surface area contributed by atoms with Crippen LogP contribution in [-0.4, -0.2) is 43.7 Å².